The van der Waals surface area contributed by atoms with E-state index in [1.165, 1.54) is 22.9 Å². The van der Waals surface area contributed by atoms with Crippen molar-refractivity contribution in [1.82, 2.24) is 9.55 Å². The van der Waals surface area contributed by atoms with Gasteiger partial charge in [0.15, 0.2) is 0 Å². The molecule has 0 unspecified atom stereocenters. The third-order valence-electron chi connectivity index (χ3n) is 4.29. The molecule has 1 aromatic carbocycles. The van der Waals surface area contributed by atoms with Crippen molar-refractivity contribution in [3.05, 3.63) is 57.5 Å². The lowest BCUT2D eigenvalue weighted by atomic mass is 10.1. The molecule has 7 heteroatoms. The number of nitrogens with zero attached hydrogens (tertiary/aromatic N) is 2. The number of anilines is 1. The molecule has 6 nitrogen and oxygen atoms in total. The van der Waals surface area contributed by atoms with E-state index in [9.17, 15) is 14.0 Å². The Balaban J connectivity index is 1.83. The fraction of sp³-hybridized carbons (Fsp3) is 0.450. The monoisotopic (exact) mass is 373 g/mol. The van der Waals surface area contributed by atoms with Crippen LogP contribution in [0.25, 0.3) is 0 Å². The summed E-state index contributed by atoms with van der Waals surface area (Å²) >= 11 is 0. The summed E-state index contributed by atoms with van der Waals surface area (Å²) in [5, 5.41) is 3.01. The number of ether oxygens (including phenoxy) is 1. The number of halogens is 1. The number of esters is 1. The number of fused-ring (bicyclic) bond motifs is 1. The normalized spacial score (nSPS) is 16.1. The lowest BCUT2D eigenvalue weighted by molar-refractivity contribution is -0.158. The van der Waals surface area contributed by atoms with E-state index in [-0.39, 0.29) is 23.6 Å². The van der Waals surface area contributed by atoms with Gasteiger partial charge in [0.25, 0.3) is 5.56 Å². The maximum Gasteiger partial charge on any atom is 0.329 e. The van der Waals surface area contributed by atoms with E-state index in [0.29, 0.717) is 18.7 Å². The summed E-state index contributed by atoms with van der Waals surface area (Å²) in [6, 6.07) is 4.04. The fourth-order valence-electron chi connectivity index (χ4n) is 3.23. The van der Waals surface area contributed by atoms with Gasteiger partial charge in [0.05, 0.1) is 6.20 Å². The lowest BCUT2D eigenvalue weighted by Crippen LogP contribution is -2.34. The van der Waals surface area contributed by atoms with E-state index in [4.69, 9.17) is 4.74 Å². The minimum Gasteiger partial charge on any atom is -0.458 e. The quantitative estimate of drug-likeness (QED) is 0.834. The molecule has 0 amide bonds. The Morgan fingerprint density at radius 2 is 2.11 bits per heavy atom. The van der Waals surface area contributed by atoms with Crippen LogP contribution in [0.3, 0.4) is 0 Å². The van der Waals surface area contributed by atoms with Gasteiger partial charge in [-0.3, -0.25) is 9.36 Å². The molecule has 0 saturated carbocycles. The predicted molar refractivity (Wildman–Crippen MR) is 100 cm³/mol. The molecule has 0 saturated heterocycles. The minimum absolute atomic E-state index is 0.274. The van der Waals surface area contributed by atoms with Gasteiger partial charge in [-0.2, -0.15) is 0 Å². The molecule has 1 aromatic heterocycles. The second-order valence-corrected chi connectivity index (χ2v) is 7.84. The van der Waals surface area contributed by atoms with Crippen molar-refractivity contribution in [3.8, 4) is 0 Å². The third kappa shape index (κ3) is 4.35. The lowest BCUT2D eigenvalue weighted by Gasteiger charge is -2.23. The van der Waals surface area contributed by atoms with Crippen LogP contribution in [0.4, 0.5) is 10.1 Å². The number of nitrogens with one attached hydrogen (secondary N) is 1. The summed E-state index contributed by atoms with van der Waals surface area (Å²) in [6.07, 6.45) is 2.50. The Morgan fingerprint density at radius 3 is 2.78 bits per heavy atom. The molecule has 0 aliphatic carbocycles. The molecule has 0 radical (unpaired) electrons. The molecule has 0 bridgehead atoms. The van der Waals surface area contributed by atoms with E-state index in [2.05, 4.69) is 10.3 Å². The van der Waals surface area contributed by atoms with Gasteiger partial charge >= 0.3 is 5.97 Å². The van der Waals surface area contributed by atoms with Gasteiger partial charge in [-0.15, -0.1) is 0 Å². The van der Waals surface area contributed by atoms with Crippen LogP contribution in [0.5, 0.6) is 0 Å². The molecule has 1 aliphatic rings. The van der Waals surface area contributed by atoms with Gasteiger partial charge in [-0.25, -0.2) is 14.2 Å². The van der Waals surface area contributed by atoms with E-state index < -0.39 is 17.6 Å². The number of hydrogen-bond donors (Lipinski definition) is 1. The van der Waals surface area contributed by atoms with Crippen LogP contribution in [0.15, 0.2) is 29.2 Å². The fourth-order valence-corrected chi connectivity index (χ4v) is 3.23. The number of aromatic nitrogens is 2. The van der Waals surface area contributed by atoms with Crippen LogP contribution in [-0.2, 0) is 22.5 Å². The second-order valence-electron chi connectivity index (χ2n) is 7.84. The van der Waals surface area contributed by atoms with Crippen LogP contribution in [0.1, 0.15) is 50.2 Å². The number of rotatable bonds is 4. The maximum absolute atomic E-state index is 13.5. The van der Waals surface area contributed by atoms with Crippen molar-refractivity contribution >= 4 is 11.7 Å². The molecule has 1 aliphatic heterocycles. The molecule has 3 rings (SSSR count). The molecule has 2 heterocycles. The summed E-state index contributed by atoms with van der Waals surface area (Å²) in [6.45, 7) is 7.47. The molecule has 0 fully saturated rings. The first-order valence-electron chi connectivity index (χ1n) is 8.97. The Bertz CT molecular complexity index is 911. The third-order valence-corrected chi connectivity index (χ3v) is 4.29. The van der Waals surface area contributed by atoms with Crippen LogP contribution < -0.4 is 10.9 Å². The Kier molecular flexibility index (Phi) is 5.04. The van der Waals surface area contributed by atoms with Crippen molar-refractivity contribution in [2.45, 2.75) is 58.7 Å². The van der Waals surface area contributed by atoms with Crippen LogP contribution in [0.2, 0.25) is 0 Å². The molecular weight excluding hydrogens is 349 g/mol. The second kappa shape index (κ2) is 7.13. The van der Waals surface area contributed by atoms with Crippen molar-refractivity contribution in [2.75, 3.05) is 5.32 Å². The smallest absolute Gasteiger partial charge is 0.329 e. The predicted octanol–water partition coefficient (Wildman–Crippen LogP) is 3.13. The van der Waals surface area contributed by atoms with Crippen LogP contribution in [-0.4, -0.2) is 21.1 Å². The number of hydrogen-bond acceptors (Lipinski definition) is 5. The molecule has 144 valence electrons. The van der Waals surface area contributed by atoms with Gasteiger partial charge in [0, 0.05) is 13.0 Å². The highest BCUT2D eigenvalue weighted by Crippen LogP contribution is 2.26. The van der Waals surface area contributed by atoms with Crippen LogP contribution in [0, 0.1) is 12.7 Å². The summed E-state index contributed by atoms with van der Waals surface area (Å²) < 4.78 is 20.4. The van der Waals surface area contributed by atoms with Crippen LogP contribution >= 0.6 is 0 Å². The van der Waals surface area contributed by atoms with Gasteiger partial charge in [0.1, 0.15) is 29.0 Å². The molecule has 2 aromatic rings. The maximum atomic E-state index is 13.5. The van der Waals surface area contributed by atoms with Gasteiger partial charge < -0.3 is 10.1 Å². The Labute approximate surface area is 157 Å². The number of aryl methyl sites for hydroxylation is 2. The zero-order valence-corrected chi connectivity index (χ0v) is 16.0. The molecule has 1 atom stereocenters. The summed E-state index contributed by atoms with van der Waals surface area (Å²) in [5.74, 6) is -0.174. The van der Waals surface area contributed by atoms with E-state index in [1.807, 2.05) is 13.0 Å². The van der Waals surface area contributed by atoms with Crippen molar-refractivity contribution in [3.63, 3.8) is 0 Å². The van der Waals surface area contributed by atoms with E-state index in [1.54, 1.807) is 20.8 Å². The average molecular weight is 373 g/mol. The zero-order chi connectivity index (χ0) is 19.8. The Hall–Kier alpha value is -2.70. The highest BCUT2D eigenvalue weighted by molar-refractivity contribution is 5.75. The van der Waals surface area contributed by atoms with Gasteiger partial charge in [-0.05, 0) is 57.4 Å². The minimum atomic E-state index is -0.669. The highest BCUT2D eigenvalue weighted by atomic mass is 19.1. The van der Waals surface area contributed by atoms with Gasteiger partial charge in [-0.1, -0.05) is 6.07 Å². The number of carbonyl (C=O) groups excluding carboxylic acids is 1. The largest absolute Gasteiger partial charge is 0.458 e. The zero-order valence-electron chi connectivity index (χ0n) is 16.0. The summed E-state index contributed by atoms with van der Waals surface area (Å²) in [4.78, 5) is 29.7. The average Bonchev–Trinajstić information content (AvgIpc) is 2.97. The summed E-state index contributed by atoms with van der Waals surface area (Å²) in [5.41, 5.74) is 0.862. The van der Waals surface area contributed by atoms with E-state index >= 15 is 0 Å². The first-order chi connectivity index (χ1) is 12.6. The first-order valence-corrected chi connectivity index (χ1v) is 8.97. The number of benzene rings is 1. The van der Waals surface area contributed by atoms with Crippen molar-refractivity contribution < 1.29 is 13.9 Å². The highest BCUT2D eigenvalue weighted by Gasteiger charge is 2.34. The SMILES string of the molecule is Cc1cc(F)cc(CNc2cnc3n(c2=O)[C@H](C(=O)OC(C)(C)C)CC3)c1. The first kappa shape index (κ1) is 19.1. The van der Waals surface area contributed by atoms with E-state index in [0.717, 1.165) is 11.1 Å². The summed E-state index contributed by atoms with van der Waals surface area (Å²) in [7, 11) is 0. The van der Waals surface area contributed by atoms with Crippen molar-refractivity contribution in [1.29, 1.82) is 0 Å². The standard InChI is InChI=1S/C20H24FN3O3/c1-12-7-13(9-14(21)8-12)10-22-15-11-23-17-6-5-16(24(17)18(15)25)19(26)27-20(2,3)4/h7-9,11,16,22H,5-6,10H2,1-4H3/t16-/m0/s1. The van der Waals surface area contributed by atoms with Crippen molar-refractivity contribution in [2.24, 2.45) is 0 Å². The van der Waals surface area contributed by atoms with Gasteiger partial charge in [0.2, 0.25) is 0 Å². The molecule has 0 spiro atoms. The Morgan fingerprint density at radius 1 is 1.37 bits per heavy atom. The number of carbonyl (C=O) groups is 1. The molecule has 27 heavy (non-hydrogen) atoms. The molecular formula is C20H24FN3O3. The topological polar surface area (TPSA) is 73.2 Å². The molecule has 1 N–H and O–H groups in total.